The van der Waals surface area contributed by atoms with Crippen LogP contribution in [0.1, 0.15) is 36.0 Å². The van der Waals surface area contributed by atoms with Gasteiger partial charge >= 0.3 is 0 Å². The van der Waals surface area contributed by atoms with Gasteiger partial charge in [-0.25, -0.2) is 19.9 Å². The lowest BCUT2D eigenvalue weighted by atomic mass is 10.4. The van der Waals surface area contributed by atoms with Crippen molar-refractivity contribution in [2.45, 2.75) is 42.8 Å². The highest BCUT2D eigenvalue weighted by atomic mass is 32.2. The fourth-order valence-electron chi connectivity index (χ4n) is 1.98. The molecule has 1 aliphatic carbocycles. The Morgan fingerprint density at radius 1 is 1.05 bits per heavy atom. The lowest BCUT2D eigenvalue weighted by molar-refractivity contribution is 0.867. The van der Waals surface area contributed by atoms with Gasteiger partial charge in [-0.1, -0.05) is 0 Å². The molecule has 1 saturated carbocycles. The van der Waals surface area contributed by atoms with Crippen LogP contribution in [-0.4, -0.2) is 27.0 Å². The Balaban J connectivity index is 1.90. The highest BCUT2D eigenvalue weighted by Crippen LogP contribution is 2.39. The molecule has 0 aliphatic heterocycles. The Hall–Kier alpha value is -1.69. The van der Waals surface area contributed by atoms with Crippen molar-refractivity contribution >= 4 is 17.6 Å². The van der Waals surface area contributed by atoms with E-state index in [0.29, 0.717) is 5.92 Å². The first kappa shape index (κ1) is 13.3. The highest BCUT2D eigenvalue weighted by Gasteiger charge is 2.27. The molecule has 2 aromatic rings. The zero-order chi connectivity index (χ0) is 14.1. The lowest BCUT2D eigenvalue weighted by Crippen LogP contribution is -2.01. The maximum atomic E-state index is 4.63. The summed E-state index contributed by atoms with van der Waals surface area (Å²) in [6.45, 7) is 3.96. The van der Waals surface area contributed by atoms with E-state index in [-0.39, 0.29) is 0 Å². The third-order valence-electron chi connectivity index (χ3n) is 3.08. The molecule has 3 rings (SSSR count). The lowest BCUT2D eigenvalue weighted by Gasteiger charge is -2.07. The van der Waals surface area contributed by atoms with Gasteiger partial charge in [-0.2, -0.15) is 0 Å². The van der Waals surface area contributed by atoms with Crippen LogP contribution in [0.2, 0.25) is 0 Å². The predicted octanol–water partition coefficient (Wildman–Crippen LogP) is 2.95. The van der Waals surface area contributed by atoms with Gasteiger partial charge in [0.15, 0.2) is 5.16 Å². The summed E-state index contributed by atoms with van der Waals surface area (Å²) in [5, 5.41) is 4.73. The Morgan fingerprint density at radius 3 is 2.35 bits per heavy atom. The molecule has 1 aliphatic rings. The van der Waals surface area contributed by atoms with Crippen LogP contribution in [0.25, 0.3) is 0 Å². The molecule has 0 bridgehead atoms. The molecule has 0 unspecified atom stereocenters. The molecular weight excluding hydrogens is 270 g/mol. The maximum Gasteiger partial charge on any atom is 0.194 e. The SMILES string of the molecule is CNc1cc(Sc2nc(C)cc(C)n2)nc(C2CC2)n1. The van der Waals surface area contributed by atoms with Crippen molar-refractivity contribution in [1.82, 2.24) is 19.9 Å². The van der Waals surface area contributed by atoms with Crippen LogP contribution in [0.4, 0.5) is 5.82 Å². The van der Waals surface area contributed by atoms with Crippen molar-refractivity contribution in [1.29, 1.82) is 0 Å². The second kappa shape index (κ2) is 5.36. The van der Waals surface area contributed by atoms with Crippen LogP contribution in [-0.2, 0) is 0 Å². The van der Waals surface area contributed by atoms with E-state index in [1.165, 1.54) is 24.6 Å². The predicted molar refractivity (Wildman–Crippen MR) is 79.2 cm³/mol. The van der Waals surface area contributed by atoms with E-state index in [1.54, 1.807) is 0 Å². The monoisotopic (exact) mass is 287 g/mol. The first-order valence-electron chi connectivity index (χ1n) is 6.71. The van der Waals surface area contributed by atoms with Gasteiger partial charge in [0.25, 0.3) is 0 Å². The van der Waals surface area contributed by atoms with E-state index in [9.17, 15) is 0 Å². The molecule has 5 nitrogen and oxygen atoms in total. The molecule has 0 saturated heterocycles. The standard InChI is InChI=1S/C14H17N5S/c1-8-6-9(2)17-14(16-8)20-12-7-11(15-3)18-13(19-12)10-4-5-10/h6-7,10H,4-5H2,1-3H3,(H,15,18,19). The number of nitrogens with one attached hydrogen (secondary N) is 1. The quantitative estimate of drug-likeness (QED) is 0.689. The average Bonchev–Trinajstić information content (AvgIpc) is 3.21. The van der Waals surface area contributed by atoms with Crippen molar-refractivity contribution in [2.75, 3.05) is 12.4 Å². The van der Waals surface area contributed by atoms with E-state index >= 15 is 0 Å². The fourth-order valence-corrected chi connectivity index (χ4v) is 2.86. The zero-order valence-corrected chi connectivity index (χ0v) is 12.7. The topological polar surface area (TPSA) is 63.6 Å². The van der Waals surface area contributed by atoms with Gasteiger partial charge in [-0.05, 0) is 44.5 Å². The van der Waals surface area contributed by atoms with Gasteiger partial charge in [0.1, 0.15) is 16.7 Å². The average molecular weight is 287 g/mol. The van der Waals surface area contributed by atoms with Crippen molar-refractivity contribution in [2.24, 2.45) is 0 Å². The van der Waals surface area contributed by atoms with Gasteiger partial charge in [-0.3, -0.25) is 0 Å². The van der Waals surface area contributed by atoms with Crippen LogP contribution in [0.3, 0.4) is 0 Å². The van der Waals surface area contributed by atoms with Crippen molar-refractivity contribution in [3.8, 4) is 0 Å². The van der Waals surface area contributed by atoms with Crippen LogP contribution in [0.15, 0.2) is 22.3 Å². The number of anilines is 1. The molecule has 20 heavy (non-hydrogen) atoms. The minimum absolute atomic E-state index is 0.530. The molecular formula is C14H17N5S. The molecule has 1 N–H and O–H groups in total. The fraction of sp³-hybridized carbons (Fsp3) is 0.429. The number of nitrogens with zero attached hydrogens (tertiary/aromatic N) is 4. The summed E-state index contributed by atoms with van der Waals surface area (Å²) in [5.41, 5.74) is 1.95. The Bertz CT molecular complexity index is 619. The minimum atomic E-state index is 0.530. The van der Waals surface area contributed by atoms with E-state index in [2.05, 4.69) is 25.3 Å². The van der Waals surface area contributed by atoms with Gasteiger partial charge in [-0.15, -0.1) is 0 Å². The summed E-state index contributed by atoms with van der Waals surface area (Å²) in [4.78, 5) is 18.0. The van der Waals surface area contributed by atoms with Crippen LogP contribution in [0, 0.1) is 13.8 Å². The smallest absolute Gasteiger partial charge is 0.194 e. The number of hydrogen-bond acceptors (Lipinski definition) is 6. The molecule has 0 amide bonds. The molecule has 2 heterocycles. The van der Waals surface area contributed by atoms with Crippen LogP contribution < -0.4 is 5.32 Å². The number of aryl methyl sites for hydroxylation is 2. The Morgan fingerprint density at radius 2 is 1.75 bits per heavy atom. The second-order valence-electron chi connectivity index (χ2n) is 5.01. The summed E-state index contributed by atoms with van der Waals surface area (Å²) in [6, 6.07) is 3.91. The van der Waals surface area contributed by atoms with Crippen molar-refractivity contribution < 1.29 is 0 Å². The first-order valence-corrected chi connectivity index (χ1v) is 7.52. The van der Waals surface area contributed by atoms with Crippen molar-refractivity contribution in [3.63, 3.8) is 0 Å². The van der Waals surface area contributed by atoms with E-state index in [1.807, 2.05) is 33.0 Å². The molecule has 0 atom stereocenters. The molecule has 0 aromatic carbocycles. The highest BCUT2D eigenvalue weighted by molar-refractivity contribution is 7.99. The first-order chi connectivity index (χ1) is 9.64. The van der Waals surface area contributed by atoms with E-state index < -0.39 is 0 Å². The summed E-state index contributed by atoms with van der Waals surface area (Å²) in [7, 11) is 1.88. The molecule has 0 radical (unpaired) electrons. The Kier molecular flexibility index (Phi) is 3.56. The van der Waals surface area contributed by atoms with Crippen LogP contribution >= 0.6 is 11.8 Å². The minimum Gasteiger partial charge on any atom is -0.373 e. The third-order valence-corrected chi connectivity index (χ3v) is 3.86. The number of rotatable bonds is 4. The number of aromatic nitrogens is 4. The normalized spacial score (nSPS) is 14.3. The molecule has 104 valence electrons. The van der Waals surface area contributed by atoms with E-state index in [4.69, 9.17) is 0 Å². The van der Waals surface area contributed by atoms with Gasteiger partial charge < -0.3 is 5.32 Å². The van der Waals surface area contributed by atoms with Crippen molar-refractivity contribution in [3.05, 3.63) is 29.3 Å². The van der Waals surface area contributed by atoms with Gasteiger partial charge in [0, 0.05) is 30.4 Å². The third kappa shape index (κ3) is 3.07. The van der Waals surface area contributed by atoms with Crippen LogP contribution in [0.5, 0.6) is 0 Å². The van der Waals surface area contributed by atoms with Gasteiger partial charge in [0.05, 0.1) is 0 Å². The molecule has 2 aromatic heterocycles. The maximum absolute atomic E-state index is 4.63. The summed E-state index contributed by atoms with van der Waals surface area (Å²) < 4.78 is 0. The zero-order valence-electron chi connectivity index (χ0n) is 11.8. The number of hydrogen-bond donors (Lipinski definition) is 1. The summed E-state index contributed by atoms with van der Waals surface area (Å²) in [5.74, 6) is 2.32. The van der Waals surface area contributed by atoms with E-state index in [0.717, 1.165) is 33.2 Å². The van der Waals surface area contributed by atoms with Gasteiger partial charge in [0.2, 0.25) is 0 Å². The Labute approximate surface area is 122 Å². The molecule has 6 heteroatoms. The largest absolute Gasteiger partial charge is 0.373 e. The summed E-state index contributed by atoms with van der Waals surface area (Å²) in [6.07, 6.45) is 2.38. The molecule has 0 spiro atoms. The summed E-state index contributed by atoms with van der Waals surface area (Å²) >= 11 is 1.49. The second-order valence-corrected chi connectivity index (χ2v) is 6.00. The molecule has 1 fully saturated rings.